The number of piperazine rings is 1. The molecule has 0 spiro atoms. The van der Waals surface area contributed by atoms with Crippen LogP contribution in [0.4, 0.5) is 5.13 Å². The Morgan fingerprint density at radius 3 is 2.60 bits per heavy atom. The summed E-state index contributed by atoms with van der Waals surface area (Å²) in [6.45, 7) is 11.7. The molecule has 1 aromatic rings. The summed E-state index contributed by atoms with van der Waals surface area (Å²) in [5, 5.41) is 4.47. The Bertz CT molecular complexity index is 516. The van der Waals surface area contributed by atoms with Gasteiger partial charge in [0.05, 0.1) is 6.10 Å². The molecule has 0 unspecified atom stereocenters. The minimum absolute atomic E-state index is 0. The van der Waals surface area contributed by atoms with Gasteiger partial charge >= 0.3 is 0 Å². The lowest BCUT2D eigenvalue weighted by Gasteiger charge is -2.36. The summed E-state index contributed by atoms with van der Waals surface area (Å²) in [5.74, 6) is 1.92. The molecule has 2 heterocycles. The molecule has 1 fully saturated rings. The van der Waals surface area contributed by atoms with Crippen molar-refractivity contribution in [2.75, 3.05) is 51.3 Å². The fourth-order valence-electron chi connectivity index (χ4n) is 2.55. The Hall–Kier alpha value is -0.680. The average molecular weight is 482 g/mol. The van der Waals surface area contributed by atoms with Crippen LogP contribution in [-0.4, -0.2) is 72.7 Å². The van der Waals surface area contributed by atoms with E-state index in [9.17, 15) is 0 Å². The number of aryl methyl sites for hydroxylation is 1. The molecule has 0 atom stereocenters. The van der Waals surface area contributed by atoms with Crippen molar-refractivity contribution in [1.29, 1.82) is 0 Å². The third-order valence-corrected chi connectivity index (χ3v) is 4.71. The van der Waals surface area contributed by atoms with Gasteiger partial charge in [-0.2, -0.15) is 4.37 Å². The van der Waals surface area contributed by atoms with E-state index in [-0.39, 0.29) is 24.0 Å². The highest BCUT2D eigenvalue weighted by Gasteiger charge is 2.21. The highest BCUT2D eigenvalue weighted by Crippen LogP contribution is 2.19. The molecule has 0 bridgehead atoms. The molecule has 1 aromatic heterocycles. The van der Waals surface area contributed by atoms with Crippen LogP contribution in [0.3, 0.4) is 0 Å². The van der Waals surface area contributed by atoms with Crippen LogP contribution < -0.4 is 10.2 Å². The lowest BCUT2D eigenvalue weighted by atomic mass is 10.3. The van der Waals surface area contributed by atoms with Gasteiger partial charge in [0.25, 0.3) is 0 Å². The zero-order valence-corrected chi connectivity index (χ0v) is 18.8. The van der Waals surface area contributed by atoms with Crippen molar-refractivity contribution in [3.63, 3.8) is 0 Å². The van der Waals surface area contributed by atoms with Gasteiger partial charge in [0.1, 0.15) is 5.82 Å². The largest absolute Gasteiger partial charge is 0.379 e. The van der Waals surface area contributed by atoms with Gasteiger partial charge in [0.15, 0.2) is 5.96 Å². The first-order valence-corrected chi connectivity index (χ1v) is 9.56. The van der Waals surface area contributed by atoms with Crippen LogP contribution in [0, 0.1) is 0 Å². The van der Waals surface area contributed by atoms with Gasteiger partial charge in [-0.1, -0.05) is 6.92 Å². The Morgan fingerprint density at radius 2 is 2.04 bits per heavy atom. The zero-order valence-electron chi connectivity index (χ0n) is 15.7. The molecule has 1 aliphatic heterocycles. The number of anilines is 1. The van der Waals surface area contributed by atoms with Crippen LogP contribution in [0.25, 0.3) is 0 Å². The quantitative estimate of drug-likeness (QED) is 0.278. The van der Waals surface area contributed by atoms with E-state index in [1.54, 1.807) is 0 Å². The highest BCUT2D eigenvalue weighted by atomic mass is 127. The van der Waals surface area contributed by atoms with Crippen molar-refractivity contribution < 1.29 is 4.74 Å². The van der Waals surface area contributed by atoms with E-state index in [2.05, 4.69) is 50.2 Å². The molecule has 2 rings (SSSR count). The van der Waals surface area contributed by atoms with E-state index in [0.29, 0.717) is 6.10 Å². The second-order valence-corrected chi connectivity index (χ2v) is 6.80. The van der Waals surface area contributed by atoms with Crippen LogP contribution in [-0.2, 0) is 11.2 Å². The number of halogens is 1. The molecule has 0 aliphatic carbocycles. The van der Waals surface area contributed by atoms with Gasteiger partial charge < -0.3 is 19.9 Å². The number of hydrogen-bond acceptors (Lipinski definition) is 6. The monoisotopic (exact) mass is 482 g/mol. The van der Waals surface area contributed by atoms with E-state index in [1.807, 2.05) is 7.05 Å². The Morgan fingerprint density at radius 1 is 1.32 bits per heavy atom. The van der Waals surface area contributed by atoms with Crippen molar-refractivity contribution in [1.82, 2.24) is 19.6 Å². The number of ether oxygens (including phenoxy) is 1. The average Bonchev–Trinajstić information content (AvgIpc) is 3.07. The predicted molar refractivity (Wildman–Crippen MR) is 116 cm³/mol. The third kappa shape index (κ3) is 7.22. The maximum absolute atomic E-state index is 5.57. The number of aliphatic imine (C=N–C) groups is 1. The summed E-state index contributed by atoms with van der Waals surface area (Å²) < 4.78 is 9.94. The van der Waals surface area contributed by atoms with Crippen molar-refractivity contribution in [2.24, 2.45) is 4.99 Å². The number of guanidine groups is 1. The Labute approximate surface area is 172 Å². The molecule has 1 saturated heterocycles. The maximum atomic E-state index is 5.57. The fourth-order valence-corrected chi connectivity index (χ4v) is 3.35. The van der Waals surface area contributed by atoms with Gasteiger partial charge in [-0.3, -0.25) is 4.99 Å². The van der Waals surface area contributed by atoms with Crippen LogP contribution in [0.5, 0.6) is 0 Å². The highest BCUT2D eigenvalue weighted by molar-refractivity contribution is 14.0. The summed E-state index contributed by atoms with van der Waals surface area (Å²) in [6, 6.07) is 0. The summed E-state index contributed by atoms with van der Waals surface area (Å²) in [5.41, 5.74) is 0. The fraction of sp³-hybridized carbons (Fsp3) is 0.812. The number of aromatic nitrogens is 2. The smallest absolute Gasteiger partial charge is 0.205 e. The van der Waals surface area contributed by atoms with Crippen LogP contribution in [0.15, 0.2) is 4.99 Å². The molecule has 0 aromatic carbocycles. The van der Waals surface area contributed by atoms with E-state index >= 15 is 0 Å². The molecular formula is C16H31IN6OS. The molecule has 25 heavy (non-hydrogen) atoms. The SMILES string of the molecule is CCc1nsc(N2CCN(C(=NC)NCCCOC(C)C)CC2)n1.I. The molecule has 144 valence electrons. The summed E-state index contributed by atoms with van der Waals surface area (Å²) in [6.07, 6.45) is 2.18. The van der Waals surface area contributed by atoms with Crippen molar-refractivity contribution in [3.05, 3.63) is 5.82 Å². The number of nitrogens with zero attached hydrogens (tertiary/aromatic N) is 5. The second kappa shape index (κ2) is 11.8. The van der Waals surface area contributed by atoms with Crippen molar-refractivity contribution in [2.45, 2.75) is 39.7 Å². The van der Waals surface area contributed by atoms with Crippen LogP contribution in [0.2, 0.25) is 0 Å². The maximum Gasteiger partial charge on any atom is 0.205 e. The Balaban J connectivity index is 0.00000312. The van der Waals surface area contributed by atoms with Gasteiger partial charge in [-0.15, -0.1) is 24.0 Å². The molecular weight excluding hydrogens is 451 g/mol. The first-order chi connectivity index (χ1) is 11.6. The molecule has 1 aliphatic rings. The topological polar surface area (TPSA) is 65.9 Å². The van der Waals surface area contributed by atoms with E-state index in [0.717, 1.165) is 69.1 Å². The first-order valence-electron chi connectivity index (χ1n) is 8.78. The number of nitrogens with one attached hydrogen (secondary N) is 1. The van der Waals surface area contributed by atoms with E-state index < -0.39 is 0 Å². The first kappa shape index (κ1) is 22.4. The number of rotatable bonds is 7. The van der Waals surface area contributed by atoms with Gasteiger partial charge in [-0.05, 0) is 20.3 Å². The van der Waals surface area contributed by atoms with Crippen molar-refractivity contribution >= 4 is 46.6 Å². The van der Waals surface area contributed by atoms with Gasteiger partial charge in [-0.25, -0.2) is 4.98 Å². The summed E-state index contributed by atoms with van der Waals surface area (Å²) >= 11 is 1.50. The second-order valence-electron chi connectivity index (χ2n) is 6.07. The predicted octanol–water partition coefficient (Wildman–Crippen LogP) is 2.23. The van der Waals surface area contributed by atoms with E-state index in [4.69, 9.17) is 4.74 Å². The normalized spacial score (nSPS) is 15.5. The van der Waals surface area contributed by atoms with E-state index in [1.165, 1.54) is 11.5 Å². The molecule has 0 saturated carbocycles. The van der Waals surface area contributed by atoms with Gasteiger partial charge in [0.2, 0.25) is 5.13 Å². The van der Waals surface area contributed by atoms with Crippen LogP contribution >= 0.6 is 35.5 Å². The molecule has 1 N–H and O–H groups in total. The summed E-state index contributed by atoms with van der Waals surface area (Å²) in [7, 11) is 1.84. The Kier molecular flexibility index (Phi) is 10.6. The van der Waals surface area contributed by atoms with Crippen molar-refractivity contribution in [3.8, 4) is 0 Å². The molecule has 0 amide bonds. The van der Waals surface area contributed by atoms with Gasteiger partial charge in [0, 0.05) is 64.3 Å². The minimum atomic E-state index is 0. The minimum Gasteiger partial charge on any atom is -0.379 e. The summed E-state index contributed by atoms with van der Waals surface area (Å²) in [4.78, 5) is 13.6. The zero-order chi connectivity index (χ0) is 17.4. The molecule has 9 heteroatoms. The lowest BCUT2D eigenvalue weighted by molar-refractivity contribution is 0.0775. The van der Waals surface area contributed by atoms with Crippen LogP contribution in [0.1, 0.15) is 33.0 Å². The third-order valence-electron chi connectivity index (χ3n) is 3.89. The number of hydrogen-bond donors (Lipinski definition) is 1. The lowest BCUT2D eigenvalue weighted by Crippen LogP contribution is -2.52. The standard InChI is InChI=1S/C16H30N6OS.HI/c1-5-14-19-16(24-20-14)22-10-8-21(9-11-22)15(17-4)18-7-6-12-23-13(2)3;/h13H,5-12H2,1-4H3,(H,17,18);1H. The molecule has 7 nitrogen and oxygen atoms in total. The molecule has 0 radical (unpaired) electrons.